The first-order valence-electron chi connectivity index (χ1n) is 6.40. The topological polar surface area (TPSA) is 49.8 Å². The number of carbonyl (C=O) groups is 1. The highest BCUT2D eigenvalue weighted by molar-refractivity contribution is 5.72. The van der Waals surface area contributed by atoms with E-state index in [0.717, 1.165) is 5.56 Å². The quantitative estimate of drug-likeness (QED) is 0.847. The molecule has 0 saturated carbocycles. The number of ether oxygens (including phenoxy) is 1. The van der Waals surface area contributed by atoms with Crippen LogP contribution in [0.15, 0.2) is 42.5 Å². The van der Waals surface area contributed by atoms with E-state index in [-0.39, 0.29) is 25.3 Å². The van der Waals surface area contributed by atoms with Crippen LogP contribution in [0.5, 0.6) is 0 Å². The minimum atomic E-state index is -0.763. The number of cyclic esters (lactones) is 1. The van der Waals surface area contributed by atoms with E-state index in [9.17, 15) is 9.90 Å². The van der Waals surface area contributed by atoms with E-state index in [0.29, 0.717) is 0 Å². The summed E-state index contributed by atoms with van der Waals surface area (Å²) in [6, 6.07) is 9.58. The van der Waals surface area contributed by atoms with Gasteiger partial charge in [-0.05, 0) is 19.4 Å². The number of amides is 1. The van der Waals surface area contributed by atoms with Gasteiger partial charge in [-0.3, -0.25) is 4.90 Å². The van der Waals surface area contributed by atoms with Gasteiger partial charge < -0.3 is 9.84 Å². The van der Waals surface area contributed by atoms with E-state index in [1.807, 2.05) is 56.3 Å². The normalized spacial score (nSPS) is 24.8. The number of aliphatic hydroxyl groups is 1. The van der Waals surface area contributed by atoms with Crippen LogP contribution in [0.25, 0.3) is 0 Å². The van der Waals surface area contributed by atoms with Gasteiger partial charge in [-0.25, -0.2) is 4.79 Å². The predicted octanol–water partition coefficient (Wildman–Crippen LogP) is 2.51. The van der Waals surface area contributed by atoms with Gasteiger partial charge >= 0.3 is 6.09 Å². The summed E-state index contributed by atoms with van der Waals surface area (Å²) >= 11 is 0. The van der Waals surface area contributed by atoms with Crippen LogP contribution >= 0.6 is 0 Å². The maximum Gasteiger partial charge on any atom is 0.411 e. The summed E-state index contributed by atoms with van der Waals surface area (Å²) in [5.74, 6) is 0. The molecular formula is C15H19NO3. The van der Waals surface area contributed by atoms with Gasteiger partial charge in [0.15, 0.2) is 0 Å². The maximum atomic E-state index is 12.0. The summed E-state index contributed by atoms with van der Waals surface area (Å²) < 4.78 is 5.14. The van der Waals surface area contributed by atoms with Crippen molar-refractivity contribution in [3.63, 3.8) is 0 Å². The van der Waals surface area contributed by atoms with Gasteiger partial charge in [0.05, 0.1) is 12.6 Å². The lowest BCUT2D eigenvalue weighted by molar-refractivity contribution is 0.0970. The highest BCUT2D eigenvalue weighted by Crippen LogP contribution is 2.34. The molecule has 1 aliphatic rings. The third kappa shape index (κ3) is 2.36. The molecule has 1 N–H and O–H groups in total. The standard InChI is InChI=1S/C15H19NO3/c1-3-9-15(10-17)11-19-14(18)16(15)12(2)13-7-5-4-6-8-13/h3-9,12,17H,10-11H2,1-2H3/b9-3-/t12?,15-/m1/s1. The Morgan fingerprint density at radius 1 is 1.47 bits per heavy atom. The van der Waals surface area contributed by atoms with E-state index in [4.69, 9.17) is 4.74 Å². The molecule has 2 rings (SSSR count). The van der Waals surface area contributed by atoms with Crippen molar-refractivity contribution in [3.05, 3.63) is 48.0 Å². The van der Waals surface area contributed by atoms with Crippen LogP contribution in [0, 0.1) is 0 Å². The molecular weight excluding hydrogens is 242 g/mol. The van der Waals surface area contributed by atoms with Crippen LogP contribution in [0.1, 0.15) is 25.5 Å². The van der Waals surface area contributed by atoms with Crippen molar-refractivity contribution >= 4 is 6.09 Å². The molecule has 1 aromatic carbocycles. The Labute approximate surface area is 113 Å². The maximum absolute atomic E-state index is 12.0. The average Bonchev–Trinajstić information content (AvgIpc) is 2.77. The molecule has 102 valence electrons. The van der Waals surface area contributed by atoms with Gasteiger partial charge in [0, 0.05) is 0 Å². The number of aliphatic hydroxyl groups excluding tert-OH is 1. The smallest absolute Gasteiger partial charge is 0.411 e. The summed E-state index contributed by atoms with van der Waals surface area (Å²) in [7, 11) is 0. The van der Waals surface area contributed by atoms with Crippen molar-refractivity contribution in [2.24, 2.45) is 0 Å². The minimum Gasteiger partial charge on any atom is -0.446 e. The van der Waals surface area contributed by atoms with Crippen molar-refractivity contribution in [1.82, 2.24) is 4.90 Å². The summed E-state index contributed by atoms with van der Waals surface area (Å²) in [4.78, 5) is 13.6. The fraction of sp³-hybridized carbons (Fsp3) is 0.400. The van der Waals surface area contributed by atoms with Crippen molar-refractivity contribution in [3.8, 4) is 0 Å². The molecule has 1 aromatic rings. The lowest BCUT2D eigenvalue weighted by Gasteiger charge is -2.35. The number of hydrogen-bond acceptors (Lipinski definition) is 3. The van der Waals surface area contributed by atoms with E-state index in [1.54, 1.807) is 4.90 Å². The Morgan fingerprint density at radius 3 is 2.74 bits per heavy atom. The van der Waals surface area contributed by atoms with Gasteiger partial charge in [-0.2, -0.15) is 0 Å². The first kappa shape index (κ1) is 13.6. The molecule has 0 bridgehead atoms. The Morgan fingerprint density at radius 2 is 2.16 bits per heavy atom. The summed E-state index contributed by atoms with van der Waals surface area (Å²) in [6.45, 7) is 3.84. The average molecular weight is 261 g/mol. The van der Waals surface area contributed by atoms with Gasteiger partial charge in [-0.15, -0.1) is 0 Å². The van der Waals surface area contributed by atoms with Crippen molar-refractivity contribution in [2.45, 2.75) is 25.4 Å². The SMILES string of the molecule is C/C=C\[C@@]1(CO)COC(=O)N1C(C)c1ccccc1. The van der Waals surface area contributed by atoms with Gasteiger partial charge in [0.1, 0.15) is 12.1 Å². The Balaban J connectivity index is 2.37. The Bertz CT molecular complexity index is 472. The Hall–Kier alpha value is -1.81. The molecule has 1 fully saturated rings. The fourth-order valence-corrected chi connectivity index (χ4v) is 2.55. The Kier molecular flexibility index (Phi) is 3.90. The molecule has 0 aliphatic carbocycles. The molecule has 4 nitrogen and oxygen atoms in total. The zero-order valence-corrected chi connectivity index (χ0v) is 11.2. The second-order valence-corrected chi connectivity index (χ2v) is 4.77. The second kappa shape index (κ2) is 5.45. The number of allylic oxidation sites excluding steroid dienone is 1. The van der Waals surface area contributed by atoms with Gasteiger partial charge in [-0.1, -0.05) is 42.5 Å². The number of rotatable bonds is 4. The highest BCUT2D eigenvalue weighted by Gasteiger charge is 2.47. The van der Waals surface area contributed by atoms with Crippen LogP contribution in [0.4, 0.5) is 4.79 Å². The van der Waals surface area contributed by atoms with Crippen LogP contribution in [0.2, 0.25) is 0 Å². The van der Waals surface area contributed by atoms with Crippen molar-refractivity contribution in [2.75, 3.05) is 13.2 Å². The number of hydrogen-bond donors (Lipinski definition) is 1. The largest absolute Gasteiger partial charge is 0.446 e. The van der Waals surface area contributed by atoms with Crippen LogP contribution < -0.4 is 0 Å². The van der Waals surface area contributed by atoms with Crippen LogP contribution in [-0.4, -0.2) is 34.9 Å². The zero-order chi connectivity index (χ0) is 13.9. The number of benzene rings is 1. The molecule has 1 unspecified atom stereocenters. The predicted molar refractivity (Wildman–Crippen MR) is 72.7 cm³/mol. The summed E-state index contributed by atoms with van der Waals surface area (Å²) in [5.41, 5.74) is 0.254. The summed E-state index contributed by atoms with van der Waals surface area (Å²) in [5, 5.41) is 9.71. The third-order valence-corrected chi connectivity index (χ3v) is 3.54. The molecule has 1 saturated heterocycles. The summed E-state index contributed by atoms with van der Waals surface area (Å²) in [6.07, 6.45) is 3.28. The fourth-order valence-electron chi connectivity index (χ4n) is 2.55. The lowest BCUT2D eigenvalue weighted by atomic mass is 9.96. The van der Waals surface area contributed by atoms with E-state index in [1.165, 1.54) is 0 Å². The van der Waals surface area contributed by atoms with Crippen LogP contribution in [0.3, 0.4) is 0 Å². The molecule has 1 aliphatic heterocycles. The zero-order valence-electron chi connectivity index (χ0n) is 11.2. The molecule has 4 heteroatoms. The van der Waals surface area contributed by atoms with E-state index in [2.05, 4.69) is 0 Å². The molecule has 0 spiro atoms. The lowest BCUT2D eigenvalue weighted by Crippen LogP contribution is -2.49. The first-order valence-corrected chi connectivity index (χ1v) is 6.40. The monoisotopic (exact) mass is 261 g/mol. The molecule has 19 heavy (non-hydrogen) atoms. The number of nitrogens with zero attached hydrogens (tertiary/aromatic N) is 1. The first-order chi connectivity index (χ1) is 9.14. The third-order valence-electron chi connectivity index (χ3n) is 3.54. The van der Waals surface area contributed by atoms with Crippen molar-refractivity contribution < 1.29 is 14.6 Å². The van der Waals surface area contributed by atoms with Crippen LogP contribution in [-0.2, 0) is 4.74 Å². The minimum absolute atomic E-state index is 0.153. The molecule has 1 heterocycles. The second-order valence-electron chi connectivity index (χ2n) is 4.77. The molecule has 2 atom stereocenters. The molecule has 0 radical (unpaired) electrons. The van der Waals surface area contributed by atoms with E-state index >= 15 is 0 Å². The molecule has 1 amide bonds. The van der Waals surface area contributed by atoms with Crippen molar-refractivity contribution in [1.29, 1.82) is 0 Å². The van der Waals surface area contributed by atoms with Gasteiger partial charge in [0.25, 0.3) is 0 Å². The molecule has 0 aromatic heterocycles. The highest BCUT2D eigenvalue weighted by atomic mass is 16.6. The van der Waals surface area contributed by atoms with E-state index < -0.39 is 5.54 Å². The number of carbonyl (C=O) groups excluding carboxylic acids is 1. The van der Waals surface area contributed by atoms with Gasteiger partial charge in [0.2, 0.25) is 0 Å².